The predicted octanol–water partition coefficient (Wildman–Crippen LogP) is 3.13. The van der Waals surface area contributed by atoms with Crippen LogP contribution in [0.25, 0.3) is 0 Å². The molecule has 3 aromatic carbocycles. The third-order valence-electron chi connectivity index (χ3n) is 4.00. The quantitative estimate of drug-likeness (QED) is 0.329. The van der Waals surface area contributed by atoms with E-state index < -0.39 is 13.3 Å². The fraction of sp³-hybridized carbons (Fsp3) is 0.0526. The van der Waals surface area contributed by atoms with Crippen molar-refractivity contribution in [2.75, 3.05) is 3.26 Å². The van der Waals surface area contributed by atoms with Gasteiger partial charge in [0.1, 0.15) is 0 Å². The Bertz CT molecular complexity index is 584. The second-order valence-corrected chi connectivity index (χ2v) is 17.1. The van der Waals surface area contributed by atoms with Crippen LogP contribution in [0.2, 0.25) is 0 Å². The van der Waals surface area contributed by atoms with Crippen molar-refractivity contribution in [1.29, 1.82) is 0 Å². The van der Waals surface area contributed by atoms with Crippen molar-refractivity contribution in [2.45, 2.75) is 0 Å². The number of hydrogen-bond acceptors (Lipinski definition) is 0. The fourth-order valence-electron chi connectivity index (χ4n) is 2.90. The maximum absolute atomic E-state index is 2.60. The van der Waals surface area contributed by atoms with Gasteiger partial charge in [-0.1, -0.05) is 0 Å². The van der Waals surface area contributed by atoms with Gasteiger partial charge >= 0.3 is 143 Å². The summed E-state index contributed by atoms with van der Waals surface area (Å²) in [5.74, 6) is 0. The summed E-state index contributed by atoms with van der Waals surface area (Å²) < 4.78 is 5.79. The molecule has 0 saturated heterocycles. The Morgan fingerprint density at radius 3 is 1.05 bits per heavy atom. The zero-order valence-corrected chi connectivity index (χ0v) is 16.0. The fourth-order valence-corrected chi connectivity index (χ4v) is 17.6. The van der Waals surface area contributed by atoms with Crippen molar-refractivity contribution in [1.82, 2.24) is 0 Å². The van der Waals surface area contributed by atoms with Gasteiger partial charge in [-0.3, -0.25) is 0 Å². The Kier molecular flexibility index (Phi) is 4.81. The molecule has 3 rings (SSSR count). The maximum atomic E-state index is 2.60. The molecule has 21 heavy (non-hydrogen) atoms. The van der Waals surface area contributed by atoms with Crippen molar-refractivity contribution in [2.24, 2.45) is 0 Å². The molecule has 0 saturated carbocycles. The third kappa shape index (κ3) is 2.81. The number of alkyl halides is 1. The van der Waals surface area contributed by atoms with Gasteiger partial charge in [0, 0.05) is 0 Å². The summed E-state index contributed by atoms with van der Waals surface area (Å²) in [6.07, 6.45) is 0. The molecule has 0 aliphatic rings. The van der Waals surface area contributed by atoms with Gasteiger partial charge in [0.15, 0.2) is 0 Å². The van der Waals surface area contributed by atoms with Gasteiger partial charge in [0.25, 0.3) is 0 Å². The molecule has 0 nitrogen and oxygen atoms in total. The van der Waals surface area contributed by atoms with Crippen LogP contribution in [-0.4, -0.2) is 16.5 Å². The molecule has 2 heteroatoms. The first-order valence-electron chi connectivity index (χ1n) is 7.10. The zero-order chi connectivity index (χ0) is 14.5. The molecule has 3 aromatic rings. The van der Waals surface area contributed by atoms with E-state index in [2.05, 4.69) is 114 Å². The molecule has 0 aromatic heterocycles. The second-order valence-electron chi connectivity index (χ2n) is 5.14. The number of halogens is 1. The van der Waals surface area contributed by atoms with E-state index in [1.165, 1.54) is 16.4 Å². The molecule has 0 heterocycles. The molecular weight excluding hydrogens is 428 g/mol. The van der Waals surface area contributed by atoms with Gasteiger partial charge in [-0.15, -0.1) is 0 Å². The summed E-state index contributed by atoms with van der Waals surface area (Å²) >= 11 is 0.0486. The molecule has 104 valence electrons. The number of benzene rings is 3. The van der Waals surface area contributed by atoms with Gasteiger partial charge < -0.3 is 0 Å². The molecule has 0 N–H and O–H groups in total. The normalized spacial score (nSPS) is 11.3. The topological polar surface area (TPSA) is 0 Å². The Hall–Kier alpha value is -1.07. The predicted molar refractivity (Wildman–Crippen MR) is 103 cm³/mol. The number of hydrogen-bond donors (Lipinski definition) is 0. The summed E-state index contributed by atoms with van der Waals surface area (Å²) in [5, 5.41) is 0. The average molecular weight is 445 g/mol. The van der Waals surface area contributed by atoms with Crippen LogP contribution in [0.5, 0.6) is 0 Å². The molecular formula is C19H17GeI. The van der Waals surface area contributed by atoms with Crippen LogP contribution in [0.1, 0.15) is 0 Å². The summed E-state index contributed by atoms with van der Waals surface area (Å²) in [5.41, 5.74) is 0. The monoisotopic (exact) mass is 446 g/mol. The summed E-state index contributed by atoms with van der Waals surface area (Å²) in [6, 6.07) is 33.3. The van der Waals surface area contributed by atoms with Crippen LogP contribution in [-0.2, 0) is 0 Å². The van der Waals surface area contributed by atoms with Gasteiger partial charge in [-0.2, -0.15) is 0 Å². The van der Waals surface area contributed by atoms with Gasteiger partial charge in [0.2, 0.25) is 0 Å². The van der Waals surface area contributed by atoms with E-state index in [9.17, 15) is 0 Å². The Morgan fingerprint density at radius 2 is 0.810 bits per heavy atom. The number of rotatable bonds is 4. The van der Waals surface area contributed by atoms with E-state index in [0.717, 1.165) is 0 Å². The molecule has 0 unspecified atom stereocenters. The van der Waals surface area contributed by atoms with Crippen LogP contribution in [0.4, 0.5) is 0 Å². The van der Waals surface area contributed by atoms with Crippen LogP contribution in [0, 0.1) is 0 Å². The van der Waals surface area contributed by atoms with E-state index in [-0.39, 0.29) is 0 Å². The third-order valence-corrected chi connectivity index (χ3v) is 19.1. The second kappa shape index (κ2) is 6.80. The molecule has 0 spiro atoms. The van der Waals surface area contributed by atoms with E-state index in [0.29, 0.717) is 0 Å². The Labute approximate surface area is 142 Å². The van der Waals surface area contributed by atoms with Gasteiger partial charge in [-0.05, 0) is 0 Å². The summed E-state index contributed by atoms with van der Waals surface area (Å²) in [6.45, 7) is 0. The molecule has 0 amide bonds. The summed E-state index contributed by atoms with van der Waals surface area (Å²) in [4.78, 5) is 0. The van der Waals surface area contributed by atoms with Crippen molar-refractivity contribution in [3.63, 3.8) is 0 Å². The minimum absolute atomic E-state index is 1.19. The van der Waals surface area contributed by atoms with Crippen molar-refractivity contribution in [3.05, 3.63) is 91.0 Å². The summed E-state index contributed by atoms with van der Waals surface area (Å²) in [7, 11) is 0. The first-order chi connectivity index (χ1) is 10.4. The van der Waals surface area contributed by atoms with E-state index in [1.54, 1.807) is 0 Å². The van der Waals surface area contributed by atoms with Crippen molar-refractivity contribution < 1.29 is 0 Å². The SMILES string of the molecule is I[CH2][Ge]([c]1ccccc1)([c]1ccccc1)[c]1ccccc1. The molecule has 0 aliphatic carbocycles. The molecule has 0 radical (unpaired) electrons. The molecule has 0 bridgehead atoms. The van der Waals surface area contributed by atoms with Crippen LogP contribution in [0.15, 0.2) is 91.0 Å². The average Bonchev–Trinajstić information content (AvgIpc) is 2.59. The van der Waals surface area contributed by atoms with Crippen LogP contribution < -0.4 is 13.2 Å². The van der Waals surface area contributed by atoms with E-state index >= 15 is 0 Å². The Balaban J connectivity index is 2.29. The van der Waals surface area contributed by atoms with Gasteiger partial charge in [-0.25, -0.2) is 0 Å². The first-order valence-corrected chi connectivity index (χ1v) is 13.3. The van der Waals surface area contributed by atoms with Gasteiger partial charge in [0.05, 0.1) is 0 Å². The molecule has 0 atom stereocenters. The minimum atomic E-state index is -2.55. The zero-order valence-electron chi connectivity index (χ0n) is 11.7. The van der Waals surface area contributed by atoms with Crippen molar-refractivity contribution >= 4 is 49.0 Å². The van der Waals surface area contributed by atoms with E-state index in [4.69, 9.17) is 0 Å². The van der Waals surface area contributed by atoms with Crippen LogP contribution >= 0.6 is 22.6 Å². The standard InChI is InChI=1S/C19H17GeI/c21-16-20(17-10-4-1-5-11-17,18-12-6-2-7-13-18)19-14-8-3-9-15-19/h1-15H,16H2. The van der Waals surface area contributed by atoms with E-state index in [1.807, 2.05) is 0 Å². The Morgan fingerprint density at radius 1 is 0.524 bits per heavy atom. The molecule has 0 fully saturated rings. The van der Waals surface area contributed by atoms with Crippen molar-refractivity contribution in [3.8, 4) is 0 Å². The molecule has 0 aliphatic heterocycles. The van der Waals surface area contributed by atoms with Crippen LogP contribution in [0.3, 0.4) is 0 Å². The first kappa shape index (κ1) is 14.9.